The molecular formula is C24H29N3O4. The summed E-state index contributed by atoms with van der Waals surface area (Å²) in [6.07, 6.45) is 4.83. The van der Waals surface area contributed by atoms with Crippen molar-refractivity contribution in [3.63, 3.8) is 0 Å². The number of amides is 1. The summed E-state index contributed by atoms with van der Waals surface area (Å²) in [6.45, 7) is 3.74. The number of Topliss-reactive ketones (excluding diaryl/α,β-unsaturated/α-hetero) is 1. The summed E-state index contributed by atoms with van der Waals surface area (Å²) < 4.78 is 5.65. The predicted octanol–water partition coefficient (Wildman–Crippen LogP) is 3.24. The Morgan fingerprint density at radius 3 is 2.71 bits per heavy atom. The fourth-order valence-corrected chi connectivity index (χ4v) is 3.66. The fraction of sp³-hybridized carbons (Fsp3) is 0.375. The Morgan fingerprint density at radius 2 is 2.03 bits per heavy atom. The molecule has 1 atom stereocenters. The normalized spacial score (nSPS) is 18.1. The number of hydrogen-bond donors (Lipinski definition) is 1. The Balaban J connectivity index is 2.03. The molecule has 1 fully saturated rings. The van der Waals surface area contributed by atoms with E-state index in [-0.39, 0.29) is 11.3 Å². The number of benzene rings is 1. The number of carbonyl (C=O) groups is 2. The van der Waals surface area contributed by atoms with Crippen LogP contribution in [0.3, 0.4) is 0 Å². The summed E-state index contributed by atoms with van der Waals surface area (Å²) in [7, 11) is 3.92. The molecule has 1 aromatic heterocycles. The molecule has 3 rings (SSSR count). The first-order chi connectivity index (χ1) is 14.9. The van der Waals surface area contributed by atoms with Gasteiger partial charge in [-0.1, -0.05) is 25.1 Å². The number of ether oxygens (including phenoxy) is 1. The summed E-state index contributed by atoms with van der Waals surface area (Å²) >= 11 is 0. The Hall–Kier alpha value is -3.19. The van der Waals surface area contributed by atoms with Gasteiger partial charge in [0.25, 0.3) is 11.7 Å². The molecule has 31 heavy (non-hydrogen) atoms. The molecule has 1 aliphatic rings. The highest BCUT2D eigenvalue weighted by Gasteiger charge is 2.45. The van der Waals surface area contributed by atoms with Gasteiger partial charge >= 0.3 is 0 Å². The van der Waals surface area contributed by atoms with Gasteiger partial charge < -0.3 is 19.6 Å². The van der Waals surface area contributed by atoms with Gasteiger partial charge in [0.15, 0.2) is 0 Å². The lowest BCUT2D eigenvalue weighted by molar-refractivity contribution is -0.139. The summed E-state index contributed by atoms with van der Waals surface area (Å²) in [6, 6.07) is 9.83. The van der Waals surface area contributed by atoms with Gasteiger partial charge in [0.05, 0.1) is 18.2 Å². The van der Waals surface area contributed by atoms with Crippen LogP contribution in [0.15, 0.2) is 54.4 Å². The van der Waals surface area contributed by atoms with Crippen molar-refractivity contribution < 1.29 is 19.4 Å². The summed E-state index contributed by atoms with van der Waals surface area (Å²) in [5, 5.41) is 11.1. The maximum absolute atomic E-state index is 13.0. The fourth-order valence-electron chi connectivity index (χ4n) is 3.66. The van der Waals surface area contributed by atoms with Crippen LogP contribution >= 0.6 is 0 Å². The predicted molar refractivity (Wildman–Crippen MR) is 119 cm³/mol. The second kappa shape index (κ2) is 10.2. The van der Waals surface area contributed by atoms with E-state index in [0.717, 1.165) is 13.0 Å². The van der Waals surface area contributed by atoms with E-state index >= 15 is 0 Å². The highest BCUT2D eigenvalue weighted by molar-refractivity contribution is 6.46. The van der Waals surface area contributed by atoms with E-state index in [0.29, 0.717) is 36.4 Å². The van der Waals surface area contributed by atoms with Crippen LogP contribution in [0.2, 0.25) is 0 Å². The van der Waals surface area contributed by atoms with Crippen LogP contribution in [0.4, 0.5) is 0 Å². The molecule has 0 saturated carbocycles. The van der Waals surface area contributed by atoms with Crippen LogP contribution in [-0.4, -0.2) is 65.4 Å². The van der Waals surface area contributed by atoms with E-state index in [9.17, 15) is 14.7 Å². The highest BCUT2D eigenvalue weighted by Crippen LogP contribution is 2.39. The van der Waals surface area contributed by atoms with Crippen molar-refractivity contribution in [2.24, 2.45) is 0 Å². The minimum absolute atomic E-state index is 0.0792. The molecule has 0 radical (unpaired) electrons. The van der Waals surface area contributed by atoms with Gasteiger partial charge in [0.2, 0.25) is 0 Å². The molecule has 1 aromatic carbocycles. The zero-order valence-corrected chi connectivity index (χ0v) is 18.2. The smallest absolute Gasteiger partial charge is 0.295 e. The van der Waals surface area contributed by atoms with Gasteiger partial charge in [0, 0.05) is 24.5 Å². The van der Waals surface area contributed by atoms with Crippen molar-refractivity contribution in [3.05, 3.63) is 65.5 Å². The monoisotopic (exact) mass is 423 g/mol. The molecule has 0 spiro atoms. The number of pyridine rings is 1. The first kappa shape index (κ1) is 22.5. The van der Waals surface area contributed by atoms with Crippen LogP contribution in [0.25, 0.3) is 5.76 Å². The zero-order chi connectivity index (χ0) is 22.4. The average Bonchev–Trinajstić information content (AvgIpc) is 3.02. The van der Waals surface area contributed by atoms with Crippen molar-refractivity contribution >= 4 is 17.4 Å². The third kappa shape index (κ3) is 5.11. The number of likely N-dealkylation sites (tertiary alicyclic amines) is 1. The number of rotatable bonds is 9. The van der Waals surface area contributed by atoms with Gasteiger partial charge in [-0.05, 0) is 57.2 Å². The number of aliphatic hydroxyl groups excluding tert-OH is 1. The second-order valence-electron chi connectivity index (χ2n) is 7.81. The van der Waals surface area contributed by atoms with Crippen LogP contribution in [0, 0.1) is 0 Å². The van der Waals surface area contributed by atoms with Crippen molar-refractivity contribution in [1.82, 2.24) is 14.8 Å². The molecule has 2 heterocycles. The minimum atomic E-state index is -0.684. The topological polar surface area (TPSA) is 83.0 Å². The standard InChI is InChI=1S/C24H29N3O4/c1-4-14-31-19-10-5-8-17(15-19)22(28)20-21(18-9-6-11-25-16-18)27(24(30)23(20)29)13-7-12-26(2)3/h5-6,8-11,15-16,21,28H,4,7,12-14H2,1-3H3/b22-20+. The molecule has 1 aliphatic heterocycles. The Labute approximate surface area is 183 Å². The van der Waals surface area contributed by atoms with Gasteiger partial charge in [-0.15, -0.1) is 0 Å². The Kier molecular flexibility index (Phi) is 7.41. The van der Waals surface area contributed by atoms with E-state index in [1.165, 1.54) is 4.90 Å². The van der Waals surface area contributed by atoms with Gasteiger partial charge in [-0.2, -0.15) is 0 Å². The van der Waals surface area contributed by atoms with Crippen molar-refractivity contribution in [2.45, 2.75) is 25.8 Å². The quantitative estimate of drug-likeness (QED) is 0.379. The molecule has 1 unspecified atom stereocenters. The summed E-state index contributed by atoms with van der Waals surface area (Å²) in [5.74, 6) is -0.892. The van der Waals surface area contributed by atoms with Gasteiger partial charge in [-0.3, -0.25) is 14.6 Å². The first-order valence-corrected chi connectivity index (χ1v) is 10.5. The maximum Gasteiger partial charge on any atom is 0.295 e. The van der Waals surface area contributed by atoms with E-state index < -0.39 is 17.7 Å². The van der Waals surface area contributed by atoms with Crippen LogP contribution < -0.4 is 4.74 Å². The Bertz CT molecular complexity index is 956. The number of nitrogens with zero attached hydrogens (tertiary/aromatic N) is 3. The number of ketones is 1. The lowest BCUT2D eigenvalue weighted by Gasteiger charge is -2.25. The average molecular weight is 424 g/mol. The van der Waals surface area contributed by atoms with Crippen molar-refractivity contribution in [1.29, 1.82) is 0 Å². The first-order valence-electron chi connectivity index (χ1n) is 10.5. The van der Waals surface area contributed by atoms with Gasteiger partial charge in [-0.25, -0.2) is 0 Å². The van der Waals surface area contributed by atoms with Crippen LogP contribution in [-0.2, 0) is 9.59 Å². The molecule has 1 N–H and O–H groups in total. The molecular weight excluding hydrogens is 394 g/mol. The molecule has 2 aromatic rings. The number of aliphatic hydroxyl groups is 1. The van der Waals surface area contributed by atoms with Crippen LogP contribution in [0.5, 0.6) is 5.75 Å². The maximum atomic E-state index is 13.0. The minimum Gasteiger partial charge on any atom is -0.507 e. The largest absolute Gasteiger partial charge is 0.507 e. The van der Waals surface area contributed by atoms with Crippen LogP contribution in [0.1, 0.15) is 36.9 Å². The SMILES string of the molecule is CCCOc1cccc(/C(O)=C2\C(=O)C(=O)N(CCCN(C)C)C2c2cccnc2)c1. The second-order valence-corrected chi connectivity index (χ2v) is 7.81. The molecule has 0 bridgehead atoms. The van der Waals surface area contributed by atoms with Crippen molar-refractivity contribution in [2.75, 3.05) is 33.8 Å². The highest BCUT2D eigenvalue weighted by atomic mass is 16.5. The number of hydrogen-bond acceptors (Lipinski definition) is 6. The molecule has 1 saturated heterocycles. The number of aromatic nitrogens is 1. The number of carbonyl (C=O) groups excluding carboxylic acids is 2. The van der Waals surface area contributed by atoms with E-state index in [1.807, 2.05) is 32.0 Å². The third-order valence-electron chi connectivity index (χ3n) is 5.12. The lowest BCUT2D eigenvalue weighted by Crippen LogP contribution is -2.32. The van der Waals surface area contributed by atoms with E-state index in [1.54, 1.807) is 42.7 Å². The molecule has 7 nitrogen and oxygen atoms in total. The third-order valence-corrected chi connectivity index (χ3v) is 5.12. The van der Waals surface area contributed by atoms with E-state index in [4.69, 9.17) is 4.74 Å². The van der Waals surface area contributed by atoms with Crippen molar-refractivity contribution in [3.8, 4) is 5.75 Å². The summed E-state index contributed by atoms with van der Waals surface area (Å²) in [5.41, 5.74) is 1.20. The summed E-state index contributed by atoms with van der Waals surface area (Å²) in [4.78, 5) is 33.6. The molecule has 0 aliphatic carbocycles. The Morgan fingerprint density at radius 1 is 1.23 bits per heavy atom. The molecule has 7 heteroatoms. The molecule has 164 valence electrons. The lowest BCUT2D eigenvalue weighted by atomic mass is 9.96. The molecule has 1 amide bonds. The van der Waals surface area contributed by atoms with E-state index in [2.05, 4.69) is 4.98 Å². The zero-order valence-electron chi connectivity index (χ0n) is 18.2. The van der Waals surface area contributed by atoms with Gasteiger partial charge in [0.1, 0.15) is 11.5 Å².